The van der Waals surface area contributed by atoms with Crippen LogP contribution in [0.15, 0.2) is 35.4 Å². The quantitative estimate of drug-likeness (QED) is 0.793. The average Bonchev–Trinajstić information content (AvgIpc) is 3.26. The fourth-order valence-corrected chi connectivity index (χ4v) is 7.01. The Balaban J connectivity index is 1.43. The Morgan fingerprint density at radius 1 is 1.34 bits per heavy atom. The molecule has 2 aliphatic heterocycles. The highest BCUT2D eigenvalue weighted by Crippen LogP contribution is 2.47. The van der Waals surface area contributed by atoms with Crippen LogP contribution in [0, 0.1) is 5.92 Å². The van der Waals surface area contributed by atoms with E-state index in [1.165, 1.54) is 0 Å². The number of carbonyl (C=O) groups excluding carboxylic acids is 1. The number of nitrogens with one attached hydrogen (secondary N) is 1. The van der Waals surface area contributed by atoms with Gasteiger partial charge in [0.25, 0.3) is 0 Å². The van der Waals surface area contributed by atoms with Crippen molar-refractivity contribution in [1.29, 1.82) is 0 Å². The van der Waals surface area contributed by atoms with E-state index in [1.807, 2.05) is 12.1 Å². The van der Waals surface area contributed by atoms with Gasteiger partial charge in [-0.15, -0.1) is 0 Å². The van der Waals surface area contributed by atoms with Crippen LogP contribution in [0.5, 0.6) is 0 Å². The Labute approximate surface area is 173 Å². The molecule has 2 fully saturated rings. The van der Waals surface area contributed by atoms with Crippen molar-refractivity contribution in [3.05, 3.63) is 46.7 Å². The molecular formula is C19H21ClN4O4S. The molecular weight excluding hydrogens is 416 g/mol. The molecule has 8 nitrogen and oxygen atoms in total. The number of carbonyl (C=O) groups is 1. The van der Waals surface area contributed by atoms with E-state index in [4.69, 9.17) is 16.3 Å². The van der Waals surface area contributed by atoms with E-state index in [-0.39, 0.29) is 12.0 Å². The summed E-state index contributed by atoms with van der Waals surface area (Å²) in [6, 6.07) is 6.79. The number of alkyl carbamates (subject to hydrolysis) is 1. The summed E-state index contributed by atoms with van der Waals surface area (Å²) in [4.78, 5) is 11.7. The van der Waals surface area contributed by atoms with E-state index in [0.29, 0.717) is 42.3 Å². The van der Waals surface area contributed by atoms with Crippen LogP contribution in [0.4, 0.5) is 4.79 Å². The number of halogens is 1. The van der Waals surface area contributed by atoms with Crippen LogP contribution in [0.2, 0.25) is 5.02 Å². The van der Waals surface area contributed by atoms with Crippen molar-refractivity contribution in [2.75, 3.05) is 13.1 Å². The van der Waals surface area contributed by atoms with E-state index < -0.39 is 21.7 Å². The summed E-state index contributed by atoms with van der Waals surface area (Å²) in [7, 11) is -1.80. The van der Waals surface area contributed by atoms with Crippen molar-refractivity contribution in [3.63, 3.8) is 0 Å². The second-order valence-corrected chi connectivity index (χ2v) is 10.4. The zero-order chi connectivity index (χ0) is 20.4. The number of hydrogen-bond donors (Lipinski definition) is 1. The van der Waals surface area contributed by atoms with Gasteiger partial charge in [-0.1, -0.05) is 29.8 Å². The topological polar surface area (TPSA) is 93.5 Å². The van der Waals surface area contributed by atoms with Gasteiger partial charge in [-0.05, 0) is 30.4 Å². The predicted molar refractivity (Wildman–Crippen MR) is 105 cm³/mol. The Morgan fingerprint density at radius 3 is 2.76 bits per heavy atom. The molecule has 1 aromatic heterocycles. The fourth-order valence-electron chi connectivity index (χ4n) is 4.83. The Hall–Kier alpha value is -2.10. The molecule has 5 rings (SSSR count). The predicted octanol–water partition coefficient (Wildman–Crippen LogP) is 2.25. The van der Waals surface area contributed by atoms with Gasteiger partial charge in [0.05, 0.1) is 34.4 Å². The molecule has 3 aliphatic rings. The van der Waals surface area contributed by atoms with Gasteiger partial charge in [0.2, 0.25) is 10.0 Å². The average molecular weight is 437 g/mol. The number of ether oxygens (including phenoxy) is 1. The van der Waals surface area contributed by atoms with Crippen molar-refractivity contribution in [2.24, 2.45) is 13.0 Å². The van der Waals surface area contributed by atoms with Crippen molar-refractivity contribution >= 4 is 27.7 Å². The van der Waals surface area contributed by atoms with E-state index in [0.717, 1.165) is 11.3 Å². The highest BCUT2D eigenvalue weighted by Gasteiger charge is 2.53. The third-order valence-electron chi connectivity index (χ3n) is 6.23. The molecule has 2 aromatic rings. The van der Waals surface area contributed by atoms with Crippen LogP contribution in [0.3, 0.4) is 0 Å². The second-order valence-electron chi connectivity index (χ2n) is 8.10. The first kappa shape index (κ1) is 18.9. The van der Waals surface area contributed by atoms with Crippen molar-refractivity contribution in [3.8, 4) is 0 Å². The minimum atomic E-state index is -3.60. The van der Waals surface area contributed by atoms with Crippen LogP contribution < -0.4 is 5.32 Å². The molecule has 1 unspecified atom stereocenters. The highest BCUT2D eigenvalue weighted by molar-refractivity contribution is 7.89. The minimum Gasteiger partial charge on any atom is -0.441 e. The van der Waals surface area contributed by atoms with Crippen LogP contribution in [-0.2, 0) is 28.2 Å². The van der Waals surface area contributed by atoms with Crippen molar-refractivity contribution in [1.82, 2.24) is 19.4 Å². The van der Waals surface area contributed by atoms with Gasteiger partial charge in [-0.25, -0.2) is 13.2 Å². The molecule has 1 spiro atoms. The van der Waals surface area contributed by atoms with E-state index in [1.54, 1.807) is 34.4 Å². The van der Waals surface area contributed by atoms with E-state index in [2.05, 4.69) is 10.4 Å². The molecule has 154 valence electrons. The largest absolute Gasteiger partial charge is 0.441 e. The smallest absolute Gasteiger partial charge is 0.407 e. The molecule has 0 radical (unpaired) electrons. The van der Waals surface area contributed by atoms with Crippen LogP contribution in [0.25, 0.3) is 0 Å². The van der Waals surface area contributed by atoms with Crippen molar-refractivity contribution < 1.29 is 17.9 Å². The lowest BCUT2D eigenvalue weighted by Crippen LogP contribution is -2.51. The van der Waals surface area contributed by atoms with Gasteiger partial charge in [0.15, 0.2) is 0 Å². The zero-order valence-electron chi connectivity index (χ0n) is 15.8. The third-order valence-corrected chi connectivity index (χ3v) is 8.50. The van der Waals surface area contributed by atoms with Gasteiger partial charge >= 0.3 is 6.09 Å². The van der Waals surface area contributed by atoms with Crippen LogP contribution >= 0.6 is 11.6 Å². The number of nitrogens with zero attached hydrogens (tertiary/aromatic N) is 3. The third kappa shape index (κ3) is 2.94. The summed E-state index contributed by atoms with van der Waals surface area (Å²) < 4.78 is 35.3. The lowest BCUT2D eigenvalue weighted by Gasteiger charge is -2.44. The molecule has 0 bridgehead atoms. The second kappa shape index (κ2) is 6.45. The van der Waals surface area contributed by atoms with Gasteiger partial charge in [-0.2, -0.15) is 9.40 Å². The van der Waals surface area contributed by atoms with Gasteiger partial charge in [0, 0.05) is 20.0 Å². The molecule has 1 aromatic carbocycles. The standard InChI is InChI=1S/C19H21ClN4O4S/c1-23-16(14(20)9-22-23)6-15-13-4-2-3-5-17(13)29(26,27)24(15)10-12-7-19(8-12)11-21-18(25)28-19/h2-5,9,12,15H,6-8,10-11H2,1H3,(H,21,25). The first-order valence-electron chi connectivity index (χ1n) is 9.53. The van der Waals surface area contributed by atoms with Crippen LogP contribution in [0.1, 0.15) is 30.1 Å². The summed E-state index contributed by atoms with van der Waals surface area (Å²) in [6.07, 6.45) is 2.95. The molecule has 1 amide bonds. The number of aromatic nitrogens is 2. The molecule has 1 saturated heterocycles. The number of aryl methyl sites for hydroxylation is 1. The summed E-state index contributed by atoms with van der Waals surface area (Å²) in [5.74, 6) is 0.135. The van der Waals surface area contributed by atoms with Crippen molar-refractivity contribution in [2.45, 2.75) is 35.8 Å². The van der Waals surface area contributed by atoms with Gasteiger partial charge < -0.3 is 10.1 Å². The minimum absolute atomic E-state index is 0.135. The molecule has 1 N–H and O–H groups in total. The molecule has 3 heterocycles. The summed E-state index contributed by atoms with van der Waals surface area (Å²) in [5, 5.41) is 7.40. The number of hydrogen-bond acceptors (Lipinski definition) is 5. The fraction of sp³-hybridized carbons (Fsp3) is 0.474. The number of amides is 1. The maximum absolute atomic E-state index is 13.3. The molecule has 10 heteroatoms. The maximum Gasteiger partial charge on any atom is 0.407 e. The summed E-state index contributed by atoms with van der Waals surface area (Å²) in [6.45, 7) is 0.875. The number of rotatable bonds is 4. The molecule has 1 saturated carbocycles. The Kier molecular flexibility index (Phi) is 4.20. The number of benzene rings is 1. The SMILES string of the molecule is Cn1ncc(Cl)c1CC1c2ccccc2S(=O)(=O)N1CC1CC2(CNC(=O)O2)C1. The summed E-state index contributed by atoms with van der Waals surface area (Å²) >= 11 is 6.30. The first-order chi connectivity index (χ1) is 13.8. The monoisotopic (exact) mass is 436 g/mol. The maximum atomic E-state index is 13.3. The highest BCUT2D eigenvalue weighted by atomic mass is 35.5. The van der Waals surface area contributed by atoms with E-state index >= 15 is 0 Å². The van der Waals surface area contributed by atoms with Crippen LogP contribution in [-0.4, -0.2) is 47.3 Å². The normalized spacial score (nSPS) is 30.1. The Morgan fingerprint density at radius 2 is 2.10 bits per heavy atom. The lowest BCUT2D eigenvalue weighted by atomic mass is 9.71. The molecule has 1 atom stereocenters. The first-order valence-corrected chi connectivity index (χ1v) is 11.3. The number of fused-ring (bicyclic) bond motifs is 1. The van der Waals surface area contributed by atoms with E-state index in [9.17, 15) is 13.2 Å². The molecule has 1 aliphatic carbocycles. The lowest BCUT2D eigenvalue weighted by molar-refractivity contribution is -0.0518. The number of sulfonamides is 1. The summed E-state index contributed by atoms with van der Waals surface area (Å²) in [5.41, 5.74) is 1.11. The molecule has 29 heavy (non-hydrogen) atoms. The zero-order valence-corrected chi connectivity index (χ0v) is 17.4. The van der Waals surface area contributed by atoms with Gasteiger partial charge in [0.1, 0.15) is 5.60 Å². The van der Waals surface area contributed by atoms with Gasteiger partial charge in [-0.3, -0.25) is 4.68 Å². The Bertz CT molecular complexity index is 1070.